The molecule has 0 saturated carbocycles. The molecule has 5 aromatic carbocycles. The molecule has 6 heteroatoms. The van der Waals surface area contributed by atoms with Crippen LogP contribution in [0.25, 0.3) is 0 Å². The van der Waals surface area contributed by atoms with Crippen LogP contribution in [-0.4, -0.2) is 0 Å². The van der Waals surface area contributed by atoms with E-state index >= 15 is 0 Å². The van der Waals surface area contributed by atoms with Gasteiger partial charge in [-0.05, 0) is 48.5 Å². The minimum absolute atomic E-state index is 0.696. The van der Waals surface area contributed by atoms with Crippen molar-refractivity contribution >= 4 is 47.7 Å². The molecule has 2 nitrogen and oxygen atoms in total. The normalized spacial score (nSPS) is 10.5. The molecular weight excluding hydrogens is 548 g/mol. The zero-order valence-electron chi connectivity index (χ0n) is 19.3. The molecule has 0 bridgehead atoms. The molecule has 183 valence electrons. The molecule has 0 saturated heterocycles. The first-order chi connectivity index (χ1) is 17.9. The average Bonchev–Trinajstić information content (AvgIpc) is 2.98. The van der Waals surface area contributed by atoms with Gasteiger partial charge in [-0.15, -0.1) is 12.1 Å². The zero-order chi connectivity index (χ0) is 25.0. The first-order valence-electron chi connectivity index (χ1n) is 11.3. The Kier molecular flexibility index (Phi) is 10.4. The van der Waals surface area contributed by atoms with Crippen molar-refractivity contribution in [1.29, 1.82) is 0 Å². The van der Waals surface area contributed by atoms with E-state index in [-0.39, 0.29) is 0 Å². The van der Waals surface area contributed by atoms with E-state index in [4.69, 9.17) is 9.05 Å². The van der Waals surface area contributed by atoms with Crippen LogP contribution in [0.15, 0.2) is 140 Å². The molecule has 0 fully saturated rings. The van der Waals surface area contributed by atoms with Crippen molar-refractivity contribution in [2.45, 2.75) is 0 Å². The number of halogens is 1. The van der Waals surface area contributed by atoms with Crippen LogP contribution in [0.3, 0.4) is 0 Å². The summed E-state index contributed by atoms with van der Waals surface area (Å²) >= 11 is 3.35. The molecular formula is C30H25ClNiO2P2+. The molecule has 0 atom stereocenters. The van der Waals surface area contributed by atoms with Gasteiger partial charge >= 0.3 is 24.8 Å². The first-order valence-corrected chi connectivity index (χ1v) is 15.5. The van der Waals surface area contributed by atoms with Gasteiger partial charge in [0.15, 0.2) is 0 Å². The second kappa shape index (κ2) is 14.2. The Bertz CT molecular complexity index is 1130. The van der Waals surface area contributed by atoms with Crippen LogP contribution in [0.4, 0.5) is 0 Å². The Balaban J connectivity index is 0.00000148. The topological polar surface area (TPSA) is 18.5 Å². The fraction of sp³-hybridized carbons (Fsp3) is 0. The van der Waals surface area contributed by atoms with E-state index in [0.717, 1.165) is 0 Å². The van der Waals surface area contributed by atoms with Crippen molar-refractivity contribution in [3.8, 4) is 11.5 Å². The number of hydrogen-bond acceptors (Lipinski definition) is 2. The monoisotopic (exact) mass is 572 g/mol. The van der Waals surface area contributed by atoms with E-state index < -0.39 is 16.3 Å². The van der Waals surface area contributed by atoms with Gasteiger partial charge in [-0.25, -0.2) is 0 Å². The largest absolute Gasteiger partial charge is 0.368 e. The summed E-state index contributed by atoms with van der Waals surface area (Å²) in [5.41, 5.74) is 0. The van der Waals surface area contributed by atoms with Gasteiger partial charge in [0.1, 0.15) is 21.2 Å². The van der Waals surface area contributed by atoms with Crippen LogP contribution < -0.4 is 30.3 Å². The molecule has 0 N–H and O–H groups in total. The minimum Gasteiger partial charge on any atom is -0.368 e. The minimum atomic E-state index is -1.48. The zero-order valence-corrected chi connectivity index (χ0v) is 23.0. The van der Waals surface area contributed by atoms with Crippen molar-refractivity contribution in [3.05, 3.63) is 146 Å². The maximum Gasteiger partial charge on any atom is 0.239 e. The maximum atomic E-state index is 6.60. The maximum absolute atomic E-state index is 6.60. The summed E-state index contributed by atoms with van der Waals surface area (Å²) in [6.45, 7) is 0. The molecule has 0 aliphatic rings. The molecule has 5 aromatic rings. The van der Waals surface area contributed by atoms with Crippen molar-refractivity contribution in [2.75, 3.05) is 0 Å². The van der Waals surface area contributed by atoms with Crippen LogP contribution >= 0.6 is 26.5 Å². The van der Waals surface area contributed by atoms with Gasteiger partial charge in [0.25, 0.3) is 0 Å². The fourth-order valence-electron chi connectivity index (χ4n) is 3.69. The van der Waals surface area contributed by atoms with Crippen LogP contribution in [0, 0.1) is 6.07 Å². The molecule has 5 rings (SSSR count). The van der Waals surface area contributed by atoms with E-state index in [1.165, 1.54) is 21.2 Å². The van der Waals surface area contributed by atoms with Crippen molar-refractivity contribution in [2.24, 2.45) is 0 Å². The third-order valence-electron chi connectivity index (χ3n) is 5.31. The summed E-state index contributed by atoms with van der Waals surface area (Å²) in [4.78, 5) is 0. The predicted octanol–water partition coefficient (Wildman–Crippen LogP) is 6.49. The van der Waals surface area contributed by atoms with Crippen LogP contribution in [0.1, 0.15) is 0 Å². The van der Waals surface area contributed by atoms with Gasteiger partial charge in [-0.3, -0.25) is 0 Å². The number of benzene rings is 5. The molecule has 0 aliphatic carbocycles. The van der Waals surface area contributed by atoms with Crippen LogP contribution in [-0.2, 0) is 14.6 Å². The average molecular weight is 574 g/mol. The van der Waals surface area contributed by atoms with Crippen molar-refractivity contribution < 1.29 is 23.6 Å². The second-order valence-electron chi connectivity index (χ2n) is 7.71. The Morgan fingerprint density at radius 1 is 0.417 bits per heavy atom. The number of rotatable bonds is 8. The van der Waals surface area contributed by atoms with Gasteiger partial charge in [-0.2, -0.15) is 6.07 Å². The second-order valence-corrected chi connectivity index (χ2v) is 11.7. The summed E-state index contributed by atoms with van der Waals surface area (Å²) in [7, 11) is 1.31. The van der Waals surface area contributed by atoms with E-state index in [1.54, 1.807) is 0 Å². The van der Waals surface area contributed by atoms with E-state index in [1.807, 2.05) is 42.5 Å². The molecule has 36 heavy (non-hydrogen) atoms. The van der Waals surface area contributed by atoms with Gasteiger partial charge < -0.3 is 9.05 Å². The Morgan fingerprint density at radius 2 is 0.694 bits per heavy atom. The van der Waals surface area contributed by atoms with Crippen LogP contribution in [0.2, 0.25) is 0 Å². The molecule has 0 aliphatic heterocycles. The van der Waals surface area contributed by atoms with Gasteiger partial charge in [-0.1, -0.05) is 78.9 Å². The predicted molar refractivity (Wildman–Crippen MR) is 153 cm³/mol. The molecule has 0 unspecified atom stereocenters. The first kappa shape index (κ1) is 26.4. The van der Waals surface area contributed by atoms with Gasteiger partial charge in [0.2, 0.25) is 16.3 Å². The van der Waals surface area contributed by atoms with Crippen LogP contribution in [0.5, 0.6) is 11.5 Å². The summed E-state index contributed by atoms with van der Waals surface area (Å²) in [6.07, 6.45) is 0. The third kappa shape index (κ3) is 7.19. The Hall–Kier alpha value is -2.66. The summed E-state index contributed by atoms with van der Waals surface area (Å²) in [5.74, 6) is 1.39. The summed E-state index contributed by atoms with van der Waals surface area (Å²) in [6, 6.07) is 51.0. The third-order valence-corrected chi connectivity index (χ3v) is 9.59. The molecule has 0 spiro atoms. The SMILES string of the molecule is [Cl][Ni].[c-]1c(O[PH+](c2ccccc2)c2ccccc2)cccc1O[PH+](c1ccccc1)c1ccccc1. The molecule has 0 radical (unpaired) electrons. The molecule has 0 aromatic heterocycles. The van der Waals surface area contributed by atoms with E-state index in [2.05, 4.69) is 128 Å². The van der Waals surface area contributed by atoms with Gasteiger partial charge in [0, 0.05) is 0 Å². The van der Waals surface area contributed by atoms with Gasteiger partial charge in [0.05, 0.1) is 11.5 Å². The van der Waals surface area contributed by atoms with E-state index in [0.29, 0.717) is 11.5 Å². The summed E-state index contributed by atoms with van der Waals surface area (Å²) in [5, 5.41) is 4.77. The smallest absolute Gasteiger partial charge is 0.239 e. The van der Waals surface area contributed by atoms with Crippen molar-refractivity contribution in [1.82, 2.24) is 0 Å². The molecule has 0 heterocycles. The van der Waals surface area contributed by atoms with E-state index in [9.17, 15) is 0 Å². The fourth-order valence-corrected chi connectivity index (χ4v) is 7.49. The molecule has 0 amide bonds. The van der Waals surface area contributed by atoms with Crippen molar-refractivity contribution in [3.63, 3.8) is 0 Å². The Labute approximate surface area is 227 Å². The summed E-state index contributed by atoms with van der Waals surface area (Å²) < 4.78 is 13.2. The number of hydrogen-bond donors (Lipinski definition) is 0. The Morgan fingerprint density at radius 3 is 0.972 bits per heavy atom. The standard InChI is InChI=1S/C30H23O2P2.ClH.Ni/c1-5-16-27(17-6-1)33(28-18-7-2-8-19-28)31-25-14-13-15-26(24-25)32-34(29-20-9-3-10-21-29)30-22-11-4-12-23-30;;/h1-23H;1H;/q-1;;+1/p+1. The quantitative estimate of drug-likeness (QED) is 0.120.